The van der Waals surface area contributed by atoms with Crippen molar-refractivity contribution in [3.8, 4) is 11.3 Å². The molecule has 3 aromatic rings. The zero-order valence-electron chi connectivity index (χ0n) is 15.0. The molecular weight excluding hydrogens is 382 g/mol. The van der Waals surface area contributed by atoms with Crippen molar-refractivity contribution in [1.29, 1.82) is 0 Å². The molecule has 27 heavy (non-hydrogen) atoms. The molecule has 0 radical (unpaired) electrons. The average molecular weight is 404 g/mol. The van der Waals surface area contributed by atoms with Crippen molar-refractivity contribution in [1.82, 2.24) is 14.6 Å². The first-order chi connectivity index (χ1) is 13.0. The zero-order chi connectivity index (χ0) is 18.9. The van der Waals surface area contributed by atoms with Crippen molar-refractivity contribution in [2.24, 2.45) is 0 Å². The molecule has 2 aromatic heterocycles. The monoisotopic (exact) mass is 403 g/mol. The molecule has 1 fully saturated rings. The fourth-order valence-electron chi connectivity index (χ4n) is 3.15. The summed E-state index contributed by atoms with van der Waals surface area (Å²) in [5.41, 5.74) is 2.68. The number of hydrogen-bond donors (Lipinski definition) is 1. The number of hydrogen-bond acceptors (Lipinski definition) is 6. The second kappa shape index (κ2) is 7.55. The zero-order valence-corrected chi connectivity index (χ0v) is 16.6. The van der Waals surface area contributed by atoms with Crippen LogP contribution in [0.4, 0.5) is 0 Å². The fourth-order valence-corrected chi connectivity index (χ4v) is 4.89. The first-order valence-corrected chi connectivity index (χ1v) is 11.2. The number of likely N-dealkylation sites (tertiary alicyclic amines) is 1. The van der Waals surface area contributed by atoms with Crippen LogP contribution >= 0.6 is 11.3 Å². The summed E-state index contributed by atoms with van der Waals surface area (Å²) in [6.45, 7) is 4.15. The van der Waals surface area contributed by atoms with Crippen LogP contribution in [0.25, 0.3) is 11.3 Å². The summed E-state index contributed by atoms with van der Waals surface area (Å²) in [5, 5.41) is 4.12. The SMILES string of the molecule is Cc1nc(-c2ccc(S(=O)(=O)NCC(c3ccsc3)N3CCC3)cc2)co1. The number of thiophene rings is 1. The highest BCUT2D eigenvalue weighted by Crippen LogP contribution is 2.27. The van der Waals surface area contributed by atoms with Crippen LogP contribution in [0.15, 0.2) is 56.7 Å². The van der Waals surface area contributed by atoms with E-state index in [2.05, 4.69) is 26.1 Å². The molecule has 1 aliphatic heterocycles. The standard InChI is InChI=1S/C19H21N3O3S2/c1-14-21-18(12-25-14)15-3-5-17(6-4-15)27(23,24)20-11-19(22-8-2-9-22)16-7-10-26-13-16/h3-7,10,12-13,19-20H,2,8-9,11H2,1H3. The van der Waals surface area contributed by atoms with Crippen LogP contribution in [0.1, 0.15) is 23.9 Å². The number of aryl methyl sites for hydroxylation is 1. The summed E-state index contributed by atoms with van der Waals surface area (Å²) >= 11 is 1.63. The Kier molecular flexibility index (Phi) is 5.14. The van der Waals surface area contributed by atoms with Crippen molar-refractivity contribution >= 4 is 21.4 Å². The summed E-state index contributed by atoms with van der Waals surface area (Å²) in [5.74, 6) is 0.578. The average Bonchev–Trinajstić information content (AvgIpc) is 3.28. The molecule has 0 amide bonds. The third kappa shape index (κ3) is 3.98. The molecule has 0 bridgehead atoms. The normalized spacial score (nSPS) is 16.2. The minimum absolute atomic E-state index is 0.0807. The number of nitrogens with zero attached hydrogens (tertiary/aromatic N) is 2. The Morgan fingerprint density at radius 3 is 2.59 bits per heavy atom. The molecule has 1 N–H and O–H groups in total. The van der Waals surface area contributed by atoms with Gasteiger partial charge in [-0.1, -0.05) is 12.1 Å². The molecule has 6 nitrogen and oxygen atoms in total. The van der Waals surface area contributed by atoms with Crippen molar-refractivity contribution in [3.63, 3.8) is 0 Å². The van der Waals surface area contributed by atoms with Gasteiger partial charge >= 0.3 is 0 Å². The molecule has 0 aliphatic carbocycles. The topological polar surface area (TPSA) is 75.4 Å². The van der Waals surface area contributed by atoms with Gasteiger partial charge in [0.25, 0.3) is 0 Å². The van der Waals surface area contributed by atoms with Gasteiger partial charge in [-0.2, -0.15) is 11.3 Å². The lowest BCUT2D eigenvalue weighted by Crippen LogP contribution is -2.44. The number of sulfonamides is 1. The Hall–Kier alpha value is -2.00. The maximum atomic E-state index is 12.7. The van der Waals surface area contributed by atoms with E-state index in [-0.39, 0.29) is 10.9 Å². The van der Waals surface area contributed by atoms with E-state index in [4.69, 9.17) is 4.42 Å². The largest absolute Gasteiger partial charge is 0.449 e. The molecular formula is C19H21N3O3S2. The molecule has 1 atom stereocenters. The molecule has 3 heterocycles. The first-order valence-electron chi connectivity index (χ1n) is 8.81. The van der Waals surface area contributed by atoms with Crippen LogP contribution in [0.2, 0.25) is 0 Å². The lowest BCUT2D eigenvalue weighted by Gasteiger charge is -2.38. The summed E-state index contributed by atoms with van der Waals surface area (Å²) in [6, 6.07) is 8.85. The third-order valence-electron chi connectivity index (χ3n) is 4.81. The van der Waals surface area contributed by atoms with E-state index in [1.54, 1.807) is 48.8 Å². The van der Waals surface area contributed by atoms with Gasteiger partial charge in [-0.3, -0.25) is 4.90 Å². The molecule has 142 valence electrons. The Balaban J connectivity index is 1.47. The highest BCUT2D eigenvalue weighted by Gasteiger charge is 2.27. The fraction of sp³-hybridized carbons (Fsp3) is 0.316. The maximum absolute atomic E-state index is 12.7. The van der Waals surface area contributed by atoms with Gasteiger partial charge in [0.15, 0.2) is 5.89 Å². The molecule has 0 spiro atoms. The highest BCUT2D eigenvalue weighted by molar-refractivity contribution is 7.89. The van der Waals surface area contributed by atoms with Crippen LogP contribution in [0.3, 0.4) is 0 Å². The molecule has 8 heteroatoms. The van der Waals surface area contributed by atoms with E-state index >= 15 is 0 Å². The number of oxazole rings is 1. The molecule has 1 aliphatic rings. The van der Waals surface area contributed by atoms with E-state index in [9.17, 15) is 8.42 Å². The number of benzene rings is 1. The van der Waals surface area contributed by atoms with E-state index in [1.807, 2.05) is 5.38 Å². The molecule has 4 rings (SSSR count). The van der Waals surface area contributed by atoms with Crippen molar-refractivity contribution < 1.29 is 12.8 Å². The summed E-state index contributed by atoms with van der Waals surface area (Å²) < 4.78 is 33.4. The van der Waals surface area contributed by atoms with Crippen LogP contribution in [0.5, 0.6) is 0 Å². The molecule has 1 unspecified atom stereocenters. The van der Waals surface area contributed by atoms with Gasteiger partial charge in [-0.25, -0.2) is 18.1 Å². The predicted octanol–water partition coefficient (Wildman–Crippen LogP) is 3.44. The van der Waals surface area contributed by atoms with E-state index in [0.29, 0.717) is 18.1 Å². The van der Waals surface area contributed by atoms with Crippen LogP contribution in [0, 0.1) is 6.92 Å². The van der Waals surface area contributed by atoms with Crippen LogP contribution in [-0.4, -0.2) is 37.9 Å². The van der Waals surface area contributed by atoms with Gasteiger partial charge in [-0.05, 0) is 40.9 Å². The van der Waals surface area contributed by atoms with Crippen LogP contribution < -0.4 is 4.72 Å². The first kappa shape index (κ1) is 18.4. The van der Waals surface area contributed by atoms with Gasteiger partial charge < -0.3 is 4.42 Å². The Morgan fingerprint density at radius 2 is 2.04 bits per heavy atom. The second-order valence-electron chi connectivity index (χ2n) is 6.59. The summed E-state index contributed by atoms with van der Waals surface area (Å²) in [7, 11) is -3.57. The van der Waals surface area contributed by atoms with E-state index < -0.39 is 10.0 Å². The Bertz CT molecular complexity index is 991. The van der Waals surface area contributed by atoms with Gasteiger partial charge in [0, 0.05) is 38.2 Å². The number of rotatable bonds is 7. The Labute approximate surface area is 162 Å². The minimum atomic E-state index is -3.57. The van der Waals surface area contributed by atoms with Crippen molar-refractivity contribution in [3.05, 3.63) is 58.8 Å². The van der Waals surface area contributed by atoms with Gasteiger partial charge in [0.2, 0.25) is 10.0 Å². The van der Waals surface area contributed by atoms with Crippen molar-refractivity contribution in [2.45, 2.75) is 24.3 Å². The third-order valence-corrected chi connectivity index (χ3v) is 6.95. The smallest absolute Gasteiger partial charge is 0.240 e. The number of aromatic nitrogens is 1. The molecule has 1 aromatic carbocycles. The molecule has 1 saturated heterocycles. The van der Waals surface area contributed by atoms with Gasteiger partial charge in [-0.15, -0.1) is 0 Å². The number of nitrogens with one attached hydrogen (secondary N) is 1. The molecule has 0 saturated carbocycles. The van der Waals surface area contributed by atoms with E-state index in [1.165, 1.54) is 5.56 Å². The van der Waals surface area contributed by atoms with Gasteiger partial charge in [0.05, 0.1) is 4.90 Å². The minimum Gasteiger partial charge on any atom is -0.449 e. The van der Waals surface area contributed by atoms with Crippen molar-refractivity contribution in [2.75, 3.05) is 19.6 Å². The Morgan fingerprint density at radius 1 is 1.26 bits per heavy atom. The lowest BCUT2D eigenvalue weighted by molar-refractivity contribution is 0.120. The maximum Gasteiger partial charge on any atom is 0.240 e. The summed E-state index contributed by atoms with van der Waals surface area (Å²) in [4.78, 5) is 6.82. The predicted molar refractivity (Wildman–Crippen MR) is 105 cm³/mol. The van der Waals surface area contributed by atoms with E-state index in [0.717, 1.165) is 25.1 Å². The second-order valence-corrected chi connectivity index (χ2v) is 9.14. The van der Waals surface area contributed by atoms with Gasteiger partial charge in [0.1, 0.15) is 12.0 Å². The summed E-state index contributed by atoms with van der Waals surface area (Å²) in [6.07, 6.45) is 2.73. The van der Waals surface area contributed by atoms with Crippen LogP contribution in [-0.2, 0) is 10.0 Å². The lowest BCUT2D eigenvalue weighted by atomic mass is 10.1. The highest BCUT2D eigenvalue weighted by atomic mass is 32.2. The quantitative estimate of drug-likeness (QED) is 0.654.